The normalized spacial score (nSPS) is 19.7. The van der Waals surface area contributed by atoms with E-state index in [1.165, 1.54) is 12.5 Å². The van der Waals surface area contributed by atoms with Crippen LogP contribution in [0.4, 0.5) is 4.39 Å². The summed E-state index contributed by atoms with van der Waals surface area (Å²) in [5.41, 5.74) is 6.67. The van der Waals surface area contributed by atoms with Crippen molar-refractivity contribution in [3.63, 3.8) is 0 Å². The number of benzene rings is 1. The van der Waals surface area contributed by atoms with Crippen LogP contribution in [0.25, 0.3) is 0 Å². The molecule has 0 aromatic heterocycles. The van der Waals surface area contributed by atoms with Gasteiger partial charge in [-0.3, -0.25) is 4.90 Å². The van der Waals surface area contributed by atoms with Crippen LogP contribution in [0.15, 0.2) is 23.4 Å². The molecule has 1 aliphatic heterocycles. The van der Waals surface area contributed by atoms with Crippen molar-refractivity contribution in [2.24, 2.45) is 16.3 Å². The van der Waals surface area contributed by atoms with Gasteiger partial charge in [-0.1, -0.05) is 37.6 Å². The molecule has 5 heteroatoms. The molecule has 116 valence electrons. The first-order valence-electron chi connectivity index (χ1n) is 7.47. The van der Waals surface area contributed by atoms with Gasteiger partial charge in [-0.05, 0) is 37.4 Å². The molecule has 1 aromatic rings. The van der Waals surface area contributed by atoms with Crippen molar-refractivity contribution < 1.29 is 9.60 Å². The van der Waals surface area contributed by atoms with E-state index in [1.54, 1.807) is 12.1 Å². The summed E-state index contributed by atoms with van der Waals surface area (Å²) in [6.07, 6.45) is 3.48. The van der Waals surface area contributed by atoms with Gasteiger partial charge in [-0.15, -0.1) is 0 Å². The Hall–Kier alpha value is -1.62. The number of amidine groups is 1. The van der Waals surface area contributed by atoms with Crippen LogP contribution in [-0.2, 0) is 6.54 Å². The van der Waals surface area contributed by atoms with Gasteiger partial charge in [0.1, 0.15) is 5.82 Å². The number of halogens is 1. The van der Waals surface area contributed by atoms with E-state index < -0.39 is 5.82 Å². The highest BCUT2D eigenvalue weighted by molar-refractivity contribution is 5.97. The van der Waals surface area contributed by atoms with Gasteiger partial charge in [-0.25, -0.2) is 4.39 Å². The van der Waals surface area contributed by atoms with E-state index in [2.05, 4.69) is 23.9 Å². The van der Waals surface area contributed by atoms with Gasteiger partial charge in [-0.2, -0.15) is 0 Å². The van der Waals surface area contributed by atoms with Crippen LogP contribution >= 0.6 is 0 Å². The second-order valence-corrected chi connectivity index (χ2v) is 6.20. The number of oxime groups is 1. The first-order valence-corrected chi connectivity index (χ1v) is 7.47. The molecule has 1 aromatic carbocycles. The van der Waals surface area contributed by atoms with Crippen molar-refractivity contribution in [2.45, 2.75) is 39.7 Å². The molecular weight excluding hydrogens is 269 g/mol. The number of piperidine rings is 1. The van der Waals surface area contributed by atoms with Crippen molar-refractivity contribution in [3.8, 4) is 0 Å². The van der Waals surface area contributed by atoms with E-state index >= 15 is 0 Å². The topological polar surface area (TPSA) is 61.8 Å². The zero-order chi connectivity index (χ0) is 15.5. The van der Waals surface area contributed by atoms with Crippen LogP contribution in [0.3, 0.4) is 0 Å². The van der Waals surface area contributed by atoms with Gasteiger partial charge in [0.15, 0.2) is 5.84 Å². The van der Waals surface area contributed by atoms with Crippen molar-refractivity contribution >= 4 is 5.84 Å². The Morgan fingerprint density at radius 3 is 2.67 bits per heavy atom. The molecule has 0 bridgehead atoms. The number of nitrogens with zero attached hydrogens (tertiary/aromatic N) is 2. The fourth-order valence-corrected chi connectivity index (χ4v) is 2.80. The fraction of sp³-hybridized carbons (Fsp3) is 0.562. The lowest BCUT2D eigenvalue weighted by atomic mass is 9.78. The number of nitrogens with two attached hydrogens (primary N) is 1. The molecule has 0 radical (unpaired) electrons. The molecule has 1 saturated heterocycles. The average molecular weight is 293 g/mol. The molecule has 1 fully saturated rings. The van der Waals surface area contributed by atoms with Gasteiger partial charge in [0.25, 0.3) is 0 Å². The van der Waals surface area contributed by atoms with Gasteiger partial charge in [0, 0.05) is 12.1 Å². The number of likely N-dealkylation sites (tertiary alicyclic amines) is 1. The van der Waals surface area contributed by atoms with Crippen LogP contribution in [0.1, 0.15) is 44.2 Å². The fourth-order valence-electron chi connectivity index (χ4n) is 2.80. The summed E-state index contributed by atoms with van der Waals surface area (Å²) in [6, 6.07) is 5.03. The molecule has 0 spiro atoms. The molecular formula is C16H24FN3O. The van der Waals surface area contributed by atoms with Crippen molar-refractivity contribution in [3.05, 3.63) is 35.1 Å². The number of hydrogen-bond acceptors (Lipinski definition) is 3. The summed E-state index contributed by atoms with van der Waals surface area (Å²) < 4.78 is 14.4. The third-order valence-electron chi connectivity index (χ3n) is 4.77. The summed E-state index contributed by atoms with van der Waals surface area (Å²) in [5, 5.41) is 11.6. The second kappa shape index (κ2) is 6.43. The molecule has 0 saturated carbocycles. The van der Waals surface area contributed by atoms with Crippen LogP contribution in [0, 0.1) is 11.2 Å². The van der Waals surface area contributed by atoms with Crippen LogP contribution in [0.2, 0.25) is 0 Å². The molecule has 0 unspecified atom stereocenters. The molecule has 0 atom stereocenters. The molecule has 21 heavy (non-hydrogen) atoms. The van der Waals surface area contributed by atoms with Crippen molar-refractivity contribution in [1.82, 2.24) is 4.90 Å². The Balaban J connectivity index is 2.08. The maximum atomic E-state index is 14.4. The molecule has 0 aliphatic carbocycles. The standard InChI is InChI=1S/C16H24FN3O/c1-3-16(2)7-9-20(10-8-16)11-12-5-4-6-13(14(12)17)15(18)19-21/h4-6,21H,3,7-11H2,1-2H3,(H2,18,19). The molecule has 4 nitrogen and oxygen atoms in total. The second-order valence-electron chi connectivity index (χ2n) is 6.20. The van der Waals surface area contributed by atoms with Crippen LogP contribution in [0.5, 0.6) is 0 Å². The lowest BCUT2D eigenvalue weighted by molar-refractivity contribution is 0.109. The molecule has 2 rings (SSSR count). The summed E-state index contributed by atoms with van der Waals surface area (Å²) >= 11 is 0. The average Bonchev–Trinajstić information content (AvgIpc) is 2.51. The zero-order valence-corrected chi connectivity index (χ0v) is 12.8. The van der Waals surface area contributed by atoms with Gasteiger partial charge in [0.2, 0.25) is 0 Å². The van der Waals surface area contributed by atoms with Gasteiger partial charge < -0.3 is 10.9 Å². The highest BCUT2D eigenvalue weighted by Gasteiger charge is 2.28. The van der Waals surface area contributed by atoms with Crippen molar-refractivity contribution in [1.29, 1.82) is 0 Å². The van der Waals surface area contributed by atoms with Crippen molar-refractivity contribution in [2.75, 3.05) is 13.1 Å². The van der Waals surface area contributed by atoms with E-state index in [0.29, 0.717) is 17.5 Å². The Morgan fingerprint density at radius 1 is 1.43 bits per heavy atom. The summed E-state index contributed by atoms with van der Waals surface area (Å²) in [7, 11) is 0. The summed E-state index contributed by atoms with van der Waals surface area (Å²) in [6.45, 7) is 7.09. The first kappa shape index (κ1) is 15.8. The predicted octanol–water partition coefficient (Wildman–Crippen LogP) is 2.93. The first-order chi connectivity index (χ1) is 9.99. The third kappa shape index (κ3) is 3.53. The monoisotopic (exact) mass is 293 g/mol. The van der Waals surface area contributed by atoms with E-state index in [-0.39, 0.29) is 11.4 Å². The minimum absolute atomic E-state index is 0.158. The van der Waals surface area contributed by atoms with Crippen LogP contribution in [-0.4, -0.2) is 29.0 Å². The minimum atomic E-state index is -0.392. The van der Waals surface area contributed by atoms with E-state index in [4.69, 9.17) is 10.9 Å². The molecule has 0 amide bonds. The zero-order valence-electron chi connectivity index (χ0n) is 12.8. The number of rotatable bonds is 4. The number of hydrogen-bond donors (Lipinski definition) is 2. The smallest absolute Gasteiger partial charge is 0.173 e. The Kier molecular flexibility index (Phi) is 4.83. The molecule has 1 heterocycles. The molecule has 3 N–H and O–H groups in total. The van der Waals surface area contributed by atoms with Gasteiger partial charge >= 0.3 is 0 Å². The quantitative estimate of drug-likeness (QED) is 0.388. The Morgan fingerprint density at radius 2 is 2.10 bits per heavy atom. The lowest BCUT2D eigenvalue weighted by Crippen LogP contribution is -2.38. The minimum Gasteiger partial charge on any atom is -0.409 e. The highest BCUT2D eigenvalue weighted by Crippen LogP contribution is 2.34. The Bertz CT molecular complexity index is 522. The van der Waals surface area contributed by atoms with Crippen LogP contribution < -0.4 is 5.73 Å². The predicted molar refractivity (Wildman–Crippen MR) is 81.8 cm³/mol. The van der Waals surface area contributed by atoms with E-state index in [1.807, 2.05) is 0 Å². The third-order valence-corrected chi connectivity index (χ3v) is 4.77. The highest BCUT2D eigenvalue weighted by atomic mass is 19.1. The molecule has 1 aliphatic rings. The SMILES string of the molecule is CCC1(C)CCN(Cc2cccc(/C(N)=N/O)c2F)CC1. The lowest BCUT2D eigenvalue weighted by Gasteiger charge is -2.39. The Labute approximate surface area is 125 Å². The largest absolute Gasteiger partial charge is 0.409 e. The summed E-state index contributed by atoms with van der Waals surface area (Å²) in [4.78, 5) is 2.27. The summed E-state index contributed by atoms with van der Waals surface area (Å²) in [5.74, 6) is -0.580. The van der Waals surface area contributed by atoms with Gasteiger partial charge in [0.05, 0.1) is 5.56 Å². The maximum absolute atomic E-state index is 14.4. The van der Waals surface area contributed by atoms with E-state index in [0.717, 1.165) is 25.9 Å². The van der Waals surface area contributed by atoms with E-state index in [9.17, 15) is 4.39 Å². The maximum Gasteiger partial charge on any atom is 0.173 e.